The lowest BCUT2D eigenvalue weighted by atomic mass is 10.1. The van der Waals surface area contributed by atoms with Gasteiger partial charge < -0.3 is 5.73 Å². The maximum atomic E-state index is 13.6. The van der Waals surface area contributed by atoms with E-state index in [9.17, 15) is 12.8 Å². The van der Waals surface area contributed by atoms with Crippen LogP contribution in [-0.4, -0.2) is 15.0 Å². The van der Waals surface area contributed by atoms with Crippen molar-refractivity contribution in [1.29, 1.82) is 0 Å². The van der Waals surface area contributed by atoms with Gasteiger partial charge >= 0.3 is 0 Å². The fraction of sp³-hybridized carbons (Fsp3) is 0.571. The van der Waals surface area contributed by atoms with Gasteiger partial charge in [-0.2, -0.15) is 0 Å². The van der Waals surface area contributed by atoms with Gasteiger partial charge in [-0.05, 0) is 31.4 Å². The van der Waals surface area contributed by atoms with E-state index in [0.717, 1.165) is 12.5 Å². The summed E-state index contributed by atoms with van der Waals surface area (Å²) in [6, 6.07) is 2.43. The molecule has 1 fully saturated rings. The van der Waals surface area contributed by atoms with Crippen LogP contribution in [0.15, 0.2) is 17.0 Å². The van der Waals surface area contributed by atoms with E-state index in [1.54, 1.807) is 0 Å². The summed E-state index contributed by atoms with van der Waals surface area (Å²) >= 11 is 0. The SMILES string of the molecule is Cc1c(F)cc(N)cc1S(=O)(=O)NCCC1CCCC1. The maximum absolute atomic E-state index is 13.6. The number of benzene rings is 1. The average molecular weight is 300 g/mol. The van der Waals surface area contributed by atoms with Crippen molar-refractivity contribution in [2.24, 2.45) is 5.92 Å². The Bertz CT molecular complexity index is 581. The molecule has 0 aromatic heterocycles. The van der Waals surface area contributed by atoms with E-state index in [-0.39, 0.29) is 16.1 Å². The van der Waals surface area contributed by atoms with Crippen LogP contribution in [0.25, 0.3) is 0 Å². The van der Waals surface area contributed by atoms with E-state index >= 15 is 0 Å². The highest BCUT2D eigenvalue weighted by atomic mass is 32.2. The molecule has 1 aliphatic rings. The van der Waals surface area contributed by atoms with Crippen LogP contribution in [0.1, 0.15) is 37.7 Å². The van der Waals surface area contributed by atoms with Crippen LogP contribution in [0.5, 0.6) is 0 Å². The minimum Gasteiger partial charge on any atom is -0.399 e. The zero-order chi connectivity index (χ0) is 14.8. The van der Waals surface area contributed by atoms with Crippen LogP contribution in [0.3, 0.4) is 0 Å². The molecule has 1 aromatic carbocycles. The van der Waals surface area contributed by atoms with Gasteiger partial charge in [0, 0.05) is 17.8 Å². The first-order chi connectivity index (χ1) is 9.40. The van der Waals surface area contributed by atoms with E-state index < -0.39 is 15.8 Å². The number of hydrogen-bond acceptors (Lipinski definition) is 3. The molecule has 4 nitrogen and oxygen atoms in total. The quantitative estimate of drug-likeness (QED) is 0.821. The van der Waals surface area contributed by atoms with Gasteiger partial charge in [-0.3, -0.25) is 0 Å². The van der Waals surface area contributed by atoms with E-state index in [0.29, 0.717) is 12.5 Å². The summed E-state index contributed by atoms with van der Waals surface area (Å²) in [6.07, 6.45) is 5.65. The molecule has 0 heterocycles. The van der Waals surface area contributed by atoms with Gasteiger partial charge in [0.05, 0.1) is 4.90 Å². The molecule has 3 N–H and O–H groups in total. The monoisotopic (exact) mass is 300 g/mol. The van der Waals surface area contributed by atoms with Gasteiger partial charge in [0.25, 0.3) is 0 Å². The first kappa shape index (κ1) is 15.3. The zero-order valence-corrected chi connectivity index (χ0v) is 12.5. The van der Waals surface area contributed by atoms with Crippen LogP contribution < -0.4 is 10.5 Å². The summed E-state index contributed by atoms with van der Waals surface area (Å²) in [5.74, 6) is 0.0116. The van der Waals surface area contributed by atoms with Gasteiger partial charge in [0.1, 0.15) is 5.82 Å². The van der Waals surface area contributed by atoms with Gasteiger partial charge in [-0.25, -0.2) is 17.5 Å². The number of nitrogen functional groups attached to an aromatic ring is 1. The third kappa shape index (κ3) is 3.49. The summed E-state index contributed by atoms with van der Waals surface area (Å²) in [6.45, 7) is 1.84. The molecule has 1 aliphatic carbocycles. The number of anilines is 1. The Morgan fingerprint density at radius 2 is 2.00 bits per heavy atom. The van der Waals surface area contributed by atoms with Crippen LogP contribution in [0.4, 0.5) is 10.1 Å². The summed E-state index contributed by atoms with van der Waals surface area (Å²) in [7, 11) is -3.70. The molecule has 2 rings (SSSR count). The van der Waals surface area contributed by atoms with Crippen molar-refractivity contribution in [2.75, 3.05) is 12.3 Å². The Labute approximate surface area is 119 Å². The van der Waals surface area contributed by atoms with Gasteiger partial charge in [-0.1, -0.05) is 25.7 Å². The summed E-state index contributed by atoms with van der Waals surface area (Å²) in [4.78, 5) is -0.0681. The molecule has 20 heavy (non-hydrogen) atoms. The van der Waals surface area contributed by atoms with E-state index in [4.69, 9.17) is 5.73 Å². The third-order valence-corrected chi connectivity index (χ3v) is 5.52. The van der Waals surface area contributed by atoms with Crippen molar-refractivity contribution in [3.05, 3.63) is 23.5 Å². The molecule has 0 radical (unpaired) electrons. The van der Waals surface area contributed by atoms with Crippen LogP contribution in [0.2, 0.25) is 0 Å². The summed E-state index contributed by atoms with van der Waals surface area (Å²) in [5.41, 5.74) is 5.74. The fourth-order valence-corrected chi connectivity index (χ4v) is 4.06. The smallest absolute Gasteiger partial charge is 0.241 e. The Balaban J connectivity index is 2.06. The molecule has 0 unspecified atom stereocenters. The molecule has 0 atom stereocenters. The lowest BCUT2D eigenvalue weighted by molar-refractivity contribution is 0.495. The molecule has 1 saturated carbocycles. The number of hydrogen-bond donors (Lipinski definition) is 2. The van der Waals surface area contributed by atoms with Crippen LogP contribution in [0, 0.1) is 18.7 Å². The first-order valence-electron chi connectivity index (χ1n) is 6.95. The highest BCUT2D eigenvalue weighted by molar-refractivity contribution is 7.89. The van der Waals surface area contributed by atoms with Crippen LogP contribution >= 0.6 is 0 Å². The summed E-state index contributed by atoms with van der Waals surface area (Å²) in [5, 5.41) is 0. The van der Waals surface area contributed by atoms with Crippen molar-refractivity contribution in [3.63, 3.8) is 0 Å². The molecule has 1 aromatic rings. The Hall–Kier alpha value is -1.14. The Morgan fingerprint density at radius 3 is 2.65 bits per heavy atom. The van der Waals surface area contributed by atoms with Gasteiger partial charge in [-0.15, -0.1) is 0 Å². The minimum atomic E-state index is -3.70. The lowest BCUT2D eigenvalue weighted by Gasteiger charge is -2.13. The number of rotatable bonds is 5. The molecule has 0 bridgehead atoms. The summed E-state index contributed by atoms with van der Waals surface area (Å²) < 4.78 is 40.5. The Morgan fingerprint density at radius 1 is 1.35 bits per heavy atom. The van der Waals surface area contributed by atoms with Crippen molar-refractivity contribution >= 4 is 15.7 Å². The molecule has 0 spiro atoms. The molecular weight excluding hydrogens is 279 g/mol. The normalized spacial score (nSPS) is 16.7. The van der Waals surface area contributed by atoms with Gasteiger partial charge in [0.15, 0.2) is 0 Å². The predicted molar refractivity (Wildman–Crippen MR) is 77.3 cm³/mol. The first-order valence-corrected chi connectivity index (χ1v) is 8.44. The maximum Gasteiger partial charge on any atom is 0.241 e. The number of halogens is 1. The average Bonchev–Trinajstić information content (AvgIpc) is 2.86. The predicted octanol–water partition coefficient (Wildman–Crippen LogP) is 2.57. The third-order valence-electron chi connectivity index (χ3n) is 3.93. The molecule has 6 heteroatoms. The van der Waals surface area contributed by atoms with E-state index in [1.165, 1.54) is 38.7 Å². The number of nitrogens with one attached hydrogen (secondary N) is 1. The highest BCUT2D eigenvalue weighted by Crippen LogP contribution is 2.27. The number of sulfonamides is 1. The highest BCUT2D eigenvalue weighted by Gasteiger charge is 2.21. The van der Waals surface area contributed by atoms with Gasteiger partial charge in [0.2, 0.25) is 10.0 Å². The van der Waals surface area contributed by atoms with Crippen LogP contribution in [-0.2, 0) is 10.0 Å². The standard InChI is InChI=1S/C14H21FN2O2S/c1-10-13(15)8-12(16)9-14(10)20(18,19)17-7-6-11-4-2-3-5-11/h8-9,11,17H,2-7,16H2,1H3. The Kier molecular flexibility index (Phi) is 4.65. The van der Waals surface area contributed by atoms with E-state index in [2.05, 4.69) is 4.72 Å². The molecular formula is C14H21FN2O2S. The van der Waals surface area contributed by atoms with Crippen molar-refractivity contribution < 1.29 is 12.8 Å². The van der Waals surface area contributed by atoms with Crippen molar-refractivity contribution in [3.8, 4) is 0 Å². The van der Waals surface area contributed by atoms with Crippen molar-refractivity contribution in [1.82, 2.24) is 4.72 Å². The molecule has 112 valence electrons. The molecule has 0 aliphatic heterocycles. The fourth-order valence-electron chi connectivity index (χ4n) is 2.73. The second kappa shape index (κ2) is 6.10. The lowest BCUT2D eigenvalue weighted by Crippen LogP contribution is -2.27. The second-order valence-corrected chi connectivity index (χ2v) is 7.20. The molecule has 0 amide bonds. The van der Waals surface area contributed by atoms with Crippen molar-refractivity contribution in [2.45, 2.75) is 43.9 Å². The number of nitrogens with two attached hydrogens (primary N) is 1. The topological polar surface area (TPSA) is 72.2 Å². The molecule has 0 saturated heterocycles. The minimum absolute atomic E-state index is 0.0681. The zero-order valence-electron chi connectivity index (χ0n) is 11.7. The second-order valence-electron chi connectivity index (χ2n) is 5.46. The van der Waals surface area contributed by atoms with E-state index in [1.807, 2.05) is 0 Å². The largest absolute Gasteiger partial charge is 0.399 e.